The van der Waals surface area contributed by atoms with Crippen molar-refractivity contribution in [3.05, 3.63) is 59.2 Å². The largest absolute Gasteiger partial charge is 0.318 e. The Morgan fingerprint density at radius 3 is 2.57 bits per heavy atom. The molecule has 1 aromatic carbocycles. The molecule has 1 aliphatic carbocycles. The number of nitrogens with zero attached hydrogens (tertiary/aromatic N) is 1. The first-order valence-electron chi connectivity index (χ1n) is 7.49. The summed E-state index contributed by atoms with van der Waals surface area (Å²) in [6.45, 7) is -0.0221. The molecule has 23 heavy (non-hydrogen) atoms. The molecule has 120 valence electrons. The number of amides is 1. The van der Waals surface area contributed by atoms with E-state index in [1.807, 2.05) is 12.3 Å². The van der Waals surface area contributed by atoms with Crippen molar-refractivity contribution in [3.8, 4) is 0 Å². The van der Waals surface area contributed by atoms with Crippen LogP contribution in [0.5, 0.6) is 0 Å². The second-order valence-electron chi connectivity index (χ2n) is 5.65. The molecule has 1 aromatic heterocycles. The molecule has 0 aliphatic heterocycles. The van der Waals surface area contributed by atoms with E-state index in [-0.39, 0.29) is 12.2 Å². The number of halogens is 3. The molecule has 0 fully saturated rings. The summed E-state index contributed by atoms with van der Waals surface area (Å²) >= 11 is 0. The highest BCUT2D eigenvalue weighted by atomic mass is 19.2. The molecule has 0 bridgehead atoms. The van der Waals surface area contributed by atoms with Gasteiger partial charge in [0.25, 0.3) is 5.91 Å². The predicted octanol–water partition coefficient (Wildman–Crippen LogP) is 2.91. The molecule has 0 spiro atoms. The van der Waals surface area contributed by atoms with E-state index in [9.17, 15) is 18.0 Å². The average molecular weight is 321 g/mol. The Morgan fingerprint density at radius 2 is 1.78 bits per heavy atom. The topological polar surface area (TPSA) is 33.0 Å². The summed E-state index contributed by atoms with van der Waals surface area (Å²) in [6.07, 6.45) is 8.04. The summed E-state index contributed by atoms with van der Waals surface area (Å²) < 4.78 is 41.3. The van der Waals surface area contributed by atoms with E-state index in [1.54, 1.807) is 10.8 Å². The van der Waals surface area contributed by atoms with Gasteiger partial charge in [-0.3, -0.25) is 4.79 Å². The van der Waals surface area contributed by atoms with Crippen molar-refractivity contribution in [2.24, 2.45) is 0 Å². The monoisotopic (exact) mass is 321 g/mol. The van der Waals surface area contributed by atoms with Gasteiger partial charge in [0.05, 0.1) is 5.69 Å². The normalized spacial score (nSPS) is 13.5. The molecule has 1 heterocycles. The molecule has 2 aromatic rings. The zero-order valence-corrected chi connectivity index (χ0v) is 12.4. The molecule has 0 saturated carbocycles. The van der Waals surface area contributed by atoms with Crippen LogP contribution in [0.1, 0.15) is 24.0 Å². The Balaban J connectivity index is 1.71. The van der Waals surface area contributed by atoms with Crippen LogP contribution in [0.15, 0.2) is 30.6 Å². The number of aryl methyl sites for hydroxylation is 2. The summed E-state index contributed by atoms with van der Waals surface area (Å²) in [5, 5.41) is 2.27. The number of benzene rings is 1. The lowest BCUT2D eigenvalue weighted by Gasteiger charge is -2.13. The highest BCUT2D eigenvalue weighted by molar-refractivity contribution is 5.89. The van der Waals surface area contributed by atoms with Crippen LogP contribution in [-0.4, -0.2) is 5.91 Å². The second kappa shape index (κ2) is 6.40. The standard InChI is InChI=1S/C17H15F3N2O/c18-13-5-6-14(17(20)16(13)19)21-15(23)10-22-8-7-11-3-1-2-4-12(11)9-22/h5-9H,1-4,10H2/p+1. The van der Waals surface area contributed by atoms with Crippen molar-refractivity contribution >= 4 is 11.6 Å². The summed E-state index contributed by atoms with van der Waals surface area (Å²) in [6, 6.07) is 3.77. The highest BCUT2D eigenvalue weighted by Gasteiger charge is 2.18. The zero-order chi connectivity index (χ0) is 16.4. The maximum Gasteiger partial charge on any atom is 0.290 e. The van der Waals surface area contributed by atoms with Gasteiger partial charge in [-0.2, -0.15) is 4.57 Å². The molecule has 1 N–H and O–H groups in total. The minimum absolute atomic E-state index is 0.0221. The molecule has 0 saturated heterocycles. The van der Waals surface area contributed by atoms with E-state index < -0.39 is 23.4 Å². The fourth-order valence-electron chi connectivity index (χ4n) is 2.80. The maximum atomic E-state index is 13.6. The lowest BCUT2D eigenvalue weighted by molar-refractivity contribution is -0.684. The fourth-order valence-corrected chi connectivity index (χ4v) is 2.80. The molecule has 0 unspecified atom stereocenters. The lowest BCUT2D eigenvalue weighted by atomic mass is 9.93. The quantitative estimate of drug-likeness (QED) is 0.684. The Hall–Kier alpha value is -2.37. The minimum Gasteiger partial charge on any atom is -0.318 e. The zero-order valence-electron chi connectivity index (χ0n) is 12.4. The van der Waals surface area contributed by atoms with E-state index >= 15 is 0 Å². The van der Waals surface area contributed by atoms with E-state index in [4.69, 9.17) is 0 Å². The van der Waals surface area contributed by atoms with Crippen LogP contribution in [0, 0.1) is 17.5 Å². The molecule has 1 aliphatic rings. The van der Waals surface area contributed by atoms with Crippen molar-refractivity contribution in [1.82, 2.24) is 0 Å². The maximum absolute atomic E-state index is 13.6. The second-order valence-corrected chi connectivity index (χ2v) is 5.65. The molecule has 6 heteroatoms. The van der Waals surface area contributed by atoms with Gasteiger partial charge in [0.2, 0.25) is 6.54 Å². The minimum atomic E-state index is -1.59. The van der Waals surface area contributed by atoms with Gasteiger partial charge in [-0.25, -0.2) is 13.2 Å². The third-order valence-corrected chi connectivity index (χ3v) is 3.98. The van der Waals surface area contributed by atoms with Crippen LogP contribution in [0.2, 0.25) is 0 Å². The van der Waals surface area contributed by atoms with Crippen LogP contribution in [0.4, 0.5) is 18.9 Å². The number of rotatable bonds is 3. The number of carbonyl (C=O) groups excluding carboxylic acids is 1. The van der Waals surface area contributed by atoms with Gasteiger partial charge in [-0.05, 0) is 43.4 Å². The Morgan fingerprint density at radius 1 is 1.04 bits per heavy atom. The van der Waals surface area contributed by atoms with Crippen LogP contribution in [0.25, 0.3) is 0 Å². The number of hydrogen-bond donors (Lipinski definition) is 1. The Bertz CT molecular complexity index is 762. The molecular weight excluding hydrogens is 305 g/mol. The fraction of sp³-hybridized carbons (Fsp3) is 0.294. The van der Waals surface area contributed by atoms with E-state index in [1.165, 1.54) is 17.5 Å². The first kappa shape index (κ1) is 15.5. The van der Waals surface area contributed by atoms with Gasteiger partial charge in [0.1, 0.15) is 0 Å². The van der Waals surface area contributed by atoms with Gasteiger partial charge < -0.3 is 5.32 Å². The number of fused-ring (bicyclic) bond motifs is 1. The average Bonchev–Trinajstić information content (AvgIpc) is 2.55. The smallest absolute Gasteiger partial charge is 0.290 e. The van der Waals surface area contributed by atoms with Gasteiger partial charge in [0.15, 0.2) is 29.8 Å². The summed E-state index contributed by atoms with van der Waals surface area (Å²) in [5.41, 5.74) is 2.14. The van der Waals surface area contributed by atoms with E-state index in [0.717, 1.165) is 31.4 Å². The number of nitrogens with one attached hydrogen (secondary N) is 1. The molecule has 3 rings (SSSR count). The van der Waals surface area contributed by atoms with Gasteiger partial charge in [-0.15, -0.1) is 0 Å². The number of anilines is 1. The first-order valence-corrected chi connectivity index (χ1v) is 7.49. The van der Waals surface area contributed by atoms with Gasteiger partial charge in [-0.1, -0.05) is 0 Å². The number of hydrogen-bond acceptors (Lipinski definition) is 1. The van der Waals surface area contributed by atoms with Crippen molar-refractivity contribution < 1.29 is 22.5 Å². The molecule has 0 atom stereocenters. The van der Waals surface area contributed by atoms with E-state index in [2.05, 4.69) is 5.32 Å². The van der Waals surface area contributed by atoms with Crippen molar-refractivity contribution in [2.45, 2.75) is 32.2 Å². The van der Waals surface area contributed by atoms with Crippen molar-refractivity contribution in [2.75, 3.05) is 5.32 Å². The van der Waals surface area contributed by atoms with Crippen LogP contribution in [-0.2, 0) is 24.2 Å². The Kier molecular flexibility index (Phi) is 4.32. The van der Waals surface area contributed by atoms with E-state index in [0.29, 0.717) is 0 Å². The van der Waals surface area contributed by atoms with Gasteiger partial charge in [0, 0.05) is 11.6 Å². The molecule has 3 nitrogen and oxygen atoms in total. The molecule has 1 amide bonds. The molecular formula is C17H16F3N2O+. The Labute approximate surface area is 131 Å². The number of pyridine rings is 1. The first-order chi connectivity index (χ1) is 11.0. The summed E-state index contributed by atoms with van der Waals surface area (Å²) in [7, 11) is 0. The van der Waals surface area contributed by atoms with Crippen LogP contribution < -0.4 is 9.88 Å². The van der Waals surface area contributed by atoms with Crippen molar-refractivity contribution in [3.63, 3.8) is 0 Å². The number of aromatic nitrogens is 1. The highest BCUT2D eigenvalue weighted by Crippen LogP contribution is 2.20. The predicted molar refractivity (Wildman–Crippen MR) is 78.2 cm³/mol. The summed E-state index contributed by atoms with van der Waals surface area (Å²) in [4.78, 5) is 12.0. The third kappa shape index (κ3) is 3.36. The van der Waals surface area contributed by atoms with Crippen molar-refractivity contribution in [1.29, 1.82) is 0 Å². The summed E-state index contributed by atoms with van der Waals surface area (Å²) in [5.74, 6) is -4.78. The van der Waals surface area contributed by atoms with Gasteiger partial charge >= 0.3 is 0 Å². The third-order valence-electron chi connectivity index (χ3n) is 3.98. The van der Waals surface area contributed by atoms with Crippen LogP contribution >= 0.6 is 0 Å². The molecule has 0 radical (unpaired) electrons. The van der Waals surface area contributed by atoms with Crippen LogP contribution in [0.3, 0.4) is 0 Å². The lowest BCUT2D eigenvalue weighted by Crippen LogP contribution is -2.40. The SMILES string of the molecule is O=C(C[n+]1ccc2c(c1)CCCC2)Nc1ccc(F)c(F)c1F. The number of carbonyl (C=O) groups is 1.